The van der Waals surface area contributed by atoms with E-state index in [2.05, 4.69) is 37.5 Å². The van der Waals surface area contributed by atoms with Crippen molar-refractivity contribution in [1.82, 2.24) is 15.5 Å². The maximum atomic E-state index is 12.1. The molecule has 2 heterocycles. The molecule has 0 saturated carbocycles. The number of nitrogens with one attached hydrogen (secondary N) is 2. The lowest BCUT2D eigenvalue weighted by molar-refractivity contribution is -0.120. The van der Waals surface area contributed by atoms with E-state index in [1.165, 1.54) is 4.88 Å². The van der Waals surface area contributed by atoms with Gasteiger partial charge in [-0.2, -0.15) is 16.9 Å². The molecule has 5 nitrogen and oxygen atoms in total. The predicted octanol–water partition coefficient (Wildman–Crippen LogP) is 3.34. The number of aromatic nitrogens is 2. The number of hydrogen-bond donors (Lipinski definition) is 2. The second kappa shape index (κ2) is 8.64. The zero-order chi connectivity index (χ0) is 17.6. The molecular formula is C17H16BrN3O2S2. The van der Waals surface area contributed by atoms with Gasteiger partial charge in [-0.05, 0) is 34.1 Å². The van der Waals surface area contributed by atoms with E-state index >= 15 is 0 Å². The smallest absolute Gasteiger partial charge is 0.272 e. The zero-order valence-corrected chi connectivity index (χ0v) is 16.5. The van der Waals surface area contributed by atoms with Crippen LogP contribution in [0.15, 0.2) is 45.0 Å². The minimum atomic E-state index is -0.239. The largest absolute Gasteiger partial charge is 0.355 e. The van der Waals surface area contributed by atoms with Crippen molar-refractivity contribution in [3.05, 3.63) is 61.1 Å². The molecule has 0 spiro atoms. The quantitative estimate of drug-likeness (QED) is 0.555. The topological polar surface area (TPSA) is 74.8 Å². The lowest BCUT2D eigenvalue weighted by Crippen LogP contribution is -2.28. The van der Waals surface area contributed by atoms with Crippen LogP contribution in [0.1, 0.15) is 10.6 Å². The third-order valence-electron chi connectivity index (χ3n) is 3.54. The fourth-order valence-electron chi connectivity index (χ4n) is 2.39. The average molecular weight is 438 g/mol. The summed E-state index contributed by atoms with van der Waals surface area (Å²) in [5.74, 6) is 1.70. The van der Waals surface area contributed by atoms with Gasteiger partial charge in [0.2, 0.25) is 5.91 Å². The molecule has 0 radical (unpaired) electrons. The normalized spacial score (nSPS) is 10.9. The summed E-state index contributed by atoms with van der Waals surface area (Å²) in [5, 5.41) is 10.7. The molecule has 0 saturated heterocycles. The Kier molecular flexibility index (Phi) is 6.28. The van der Waals surface area contributed by atoms with E-state index in [0.29, 0.717) is 17.6 Å². The number of thioether (sulfide) groups is 1. The maximum Gasteiger partial charge on any atom is 0.272 e. The first-order chi connectivity index (χ1) is 12.1. The van der Waals surface area contributed by atoms with Gasteiger partial charge >= 0.3 is 0 Å². The Bertz CT molecular complexity index is 939. The Morgan fingerprint density at radius 1 is 1.24 bits per heavy atom. The van der Waals surface area contributed by atoms with Crippen molar-refractivity contribution in [3.63, 3.8) is 0 Å². The average Bonchev–Trinajstić information content (AvgIpc) is 3.03. The Labute approximate surface area is 161 Å². The van der Waals surface area contributed by atoms with Gasteiger partial charge < -0.3 is 5.32 Å². The number of halogens is 1. The van der Waals surface area contributed by atoms with E-state index in [-0.39, 0.29) is 17.9 Å². The minimum absolute atomic E-state index is 0.0934. The number of carbonyl (C=O) groups excluding carboxylic acids is 1. The highest BCUT2D eigenvalue weighted by Gasteiger charge is 2.10. The molecule has 0 unspecified atom stereocenters. The summed E-state index contributed by atoms with van der Waals surface area (Å²) in [5.41, 5.74) is 0.347. The SMILES string of the molecule is O=C(Cc1n[nH]c(=O)c2ccccc12)NCCSCc1ccc(Br)s1. The van der Waals surface area contributed by atoms with E-state index in [1.54, 1.807) is 35.2 Å². The number of benzene rings is 1. The monoisotopic (exact) mass is 437 g/mol. The fraction of sp³-hybridized carbons (Fsp3) is 0.235. The Morgan fingerprint density at radius 2 is 2.04 bits per heavy atom. The molecule has 0 aliphatic rings. The van der Waals surface area contributed by atoms with Gasteiger partial charge in [0, 0.05) is 28.3 Å². The van der Waals surface area contributed by atoms with Crippen molar-refractivity contribution < 1.29 is 4.79 Å². The molecule has 0 atom stereocenters. The van der Waals surface area contributed by atoms with Gasteiger partial charge in [-0.3, -0.25) is 9.59 Å². The molecule has 2 N–H and O–H groups in total. The summed E-state index contributed by atoms with van der Waals surface area (Å²) in [4.78, 5) is 25.2. The highest BCUT2D eigenvalue weighted by atomic mass is 79.9. The van der Waals surface area contributed by atoms with Crippen molar-refractivity contribution in [2.45, 2.75) is 12.2 Å². The van der Waals surface area contributed by atoms with Crippen LogP contribution in [0.3, 0.4) is 0 Å². The second-order valence-corrected chi connectivity index (χ2v) is 8.98. The fourth-order valence-corrected chi connectivity index (χ4v) is 4.84. The minimum Gasteiger partial charge on any atom is -0.355 e. The summed E-state index contributed by atoms with van der Waals surface area (Å²) in [6, 6.07) is 11.3. The molecule has 130 valence electrons. The first-order valence-electron chi connectivity index (χ1n) is 7.68. The van der Waals surface area contributed by atoms with Gasteiger partial charge in [-0.15, -0.1) is 11.3 Å². The highest BCUT2D eigenvalue weighted by Crippen LogP contribution is 2.25. The highest BCUT2D eigenvalue weighted by molar-refractivity contribution is 9.11. The lowest BCUT2D eigenvalue weighted by atomic mass is 10.1. The van der Waals surface area contributed by atoms with Crippen molar-refractivity contribution >= 4 is 55.7 Å². The molecule has 1 aromatic carbocycles. The van der Waals surface area contributed by atoms with Crippen LogP contribution in [0.2, 0.25) is 0 Å². The molecule has 0 bridgehead atoms. The lowest BCUT2D eigenvalue weighted by Gasteiger charge is -2.06. The Hall–Kier alpha value is -1.64. The molecule has 3 rings (SSSR count). The van der Waals surface area contributed by atoms with Crippen LogP contribution in [0, 0.1) is 0 Å². The number of nitrogens with zero attached hydrogens (tertiary/aromatic N) is 1. The van der Waals surface area contributed by atoms with E-state index in [0.717, 1.165) is 20.7 Å². The maximum absolute atomic E-state index is 12.1. The third kappa shape index (κ3) is 4.93. The van der Waals surface area contributed by atoms with Crippen LogP contribution < -0.4 is 10.9 Å². The van der Waals surface area contributed by atoms with Gasteiger partial charge in [-0.1, -0.05) is 18.2 Å². The van der Waals surface area contributed by atoms with Gasteiger partial charge in [0.1, 0.15) is 0 Å². The summed E-state index contributed by atoms with van der Waals surface area (Å²) in [6.45, 7) is 0.608. The van der Waals surface area contributed by atoms with Crippen LogP contribution >= 0.6 is 39.0 Å². The van der Waals surface area contributed by atoms with Crippen LogP contribution in [-0.4, -0.2) is 28.4 Å². The first kappa shape index (κ1) is 18.2. The molecule has 0 aliphatic heterocycles. The molecule has 8 heteroatoms. The van der Waals surface area contributed by atoms with Crippen molar-refractivity contribution in [3.8, 4) is 0 Å². The number of fused-ring (bicyclic) bond motifs is 1. The third-order valence-corrected chi connectivity index (χ3v) is 6.36. The standard InChI is InChI=1S/C17H16BrN3O2S2/c18-15-6-5-11(25-15)10-24-8-7-19-16(22)9-14-12-3-1-2-4-13(12)17(23)21-20-14/h1-6H,7-10H2,(H,19,22)(H,21,23). The summed E-state index contributed by atoms with van der Waals surface area (Å²) in [7, 11) is 0. The van der Waals surface area contributed by atoms with E-state index in [1.807, 2.05) is 18.2 Å². The van der Waals surface area contributed by atoms with Gasteiger partial charge in [0.25, 0.3) is 5.56 Å². The number of thiophene rings is 1. The number of H-pyrrole nitrogens is 1. The van der Waals surface area contributed by atoms with E-state index in [4.69, 9.17) is 0 Å². The molecule has 0 aliphatic carbocycles. The summed E-state index contributed by atoms with van der Waals surface area (Å²) >= 11 is 6.96. The Morgan fingerprint density at radius 3 is 2.80 bits per heavy atom. The van der Waals surface area contributed by atoms with Crippen LogP contribution in [0.4, 0.5) is 0 Å². The van der Waals surface area contributed by atoms with Gasteiger partial charge in [-0.25, -0.2) is 5.10 Å². The van der Waals surface area contributed by atoms with Crippen molar-refractivity contribution in [2.24, 2.45) is 0 Å². The summed E-state index contributed by atoms with van der Waals surface area (Å²) < 4.78 is 1.14. The second-order valence-electron chi connectivity index (χ2n) is 5.33. The number of hydrogen-bond acceptors (Lipinski definition) is 5. The van der Waals surface area contributed by atoms with E-state index in [9.17, 15) is 9.59 Å². The summed E-state index contributed by atoms with van der Waals surface area (Å²) in [6.07, 6.45) is 0.153. The van der Waals surface area contributed by atoms with Gasteiger partial charge in [0.05, 0.1) is 21.3 Å². The van der Waals surface area contributed by atoms with Crippen LogP contribution in [0.5, 0.6) is 0 Å². The number of carbonyl (C=O) groups is 1. The zero-order valence-electron chi connectivity index (χ0n) is 13.3. The molecule has 1 amide bonds. The Balaban J connectivity index is 1.48. The first-order valence-corrected chi connectivity index (χ1v) is 10.4. The van der Waals surface area contributed by atoms with Crippen molar-refractivity contribution in [1.29, 1.82) is 0 Å². The van der Waals surface area contributed by atoms with Crippen molar-refractivity contribution in [2.75, 3.05) is 12.3 Å². The van der Waals surface area contributed by atoms with Gasteiger partial charge in [0.15, 0.2) is 0 Å². The van der Waals surface area contributed by atoms with Crippen LogP contribution in [-0.2, 0) is 17.0 Å². The molecule has 25 heavy (non-hydrogen) atoms. The number of rotatable bonds is 7. The molecule has 2 aromatic heterocycles. The number of amides is 1. The van der Waals surface area contributed by atoms with Crippen LogP contribution in [0.25, 0.3) is 10.8 Å². The predicted molar refractivity (Wildman–Crippen MR) is 107 cm³/mol. The molecule has 3 aromatic rings. The number of aromatic amines is 1. The van der Waals surface area contributed by atoms with E-state index < -0.39 is 0 Å². The molecule has 0 fully saturated rings. The molecular weight excluding hydrogens is 422 g/mol.